The Balaban J connectivity index is 1.99. The molecule has 1 aliphatic carbocycles. The minimum atomic E-state index is -2.71. The van der Waals surface area contributed by atoms with Crippen molar-refractivity contribution in [2.75, 3.05) is 20.2 Å². The number of likely N-dealkylation sites (tertiary alicyclic amines) is 1. The topological polar surface area (TPSA) is 49.8 Å². The van der Waals surface area contributed by atoms with Crippen LogP contribution in [0.25, 0.3) is 0 Å². The number of hydrogen-bond acceptors (Lipinski definition) is 3. The molecule has 1 aromatic carbocycles. The van der Waals surface area contributed by atoms with Crippen molar-refractivity contribution in [3.05, 3.63) is 29.3 Å². The van der Waals surface area contributed by atoms with Crippen molar-refractivity contribution in [3.63, 3.8) is 0 Å². The number of hydrogen-bond donors (Lipinski definition) is 1. The van der Waals surface area contributed by atoms with Crippen molar-refractivity contribution in [2.45, 2.75) is 56.5 Å². The average molecular weight is 353 g/mol. The van der Waals surface area contributed by atoms with Crippen molar-refractivity contribution in [2.24, 2.45) is 0 Å². The third-order valence-corrected chi connectivity index (χ3v) is 5.64. The zero-order valence-electron chi connectivity index (χ0n) is 14.7. The number of benzene rings is 1. The third kappa shape index (κ3) is 3.36. The Morgan fingerprint density at radius 2 is 1.96 bits per heavy atom. The molecule has 6 heteroatoms. The molecule has 0 aromatic heterocycles. The van der Waals surface area contributed by atoms with Gasteiger partial charge in [0, 0.05) is 25.9 Å². The predicted molar refractivity (Wildman–Crippen MR) is 90.0 cm³/mol. The van der Waals surface area contributed by atoms with Gasteiger partial charge in [0.05, 0.1) is 18.6 Å². The molecule has 2 fully saturated rings. The highest BCUT2D eigenvalue weighted by Crippen LogP contribution is 2.48. The molecule has 1 aromatic rings. The molecule has 1 unspecified atom stereocenters. The maximum absolute atomic E-state index is 13.8. The van der Waals surface area contributed by atoms with E-state index in [9.17, 15) is 18.7 Å². The molecule has 1 saturated heterocycles. The number of halogens is 2. The first-order chi connectivity index (χ1) is 11.8. The Bertz CT molecular complexity index is 652. The molecular formula is C19H25F2NO3. The number of ether oxygens (including phenoxy) is 1. The zero-order chi connectivity index (χ0) is 18.2. The van der Waals surface area contributed by atoms with Crippen molar-refractivity contribution < 1.29 is 23.4 Å². The summed E-state index contributed by atoms with van der Waals surface area (Å²) < 4.78 is 32.8. The summed E-state index contributed by atoms with van der Waals surface area (Å²) in [7, 11) is 1.57. The van der Waals surface area contributed by atoms with E-state index in [4.69, 9.17) is 4.74 Å². The second-order valence-corrected chi connectivity index (χ2v) is 7.31. The van der Waals surface area contributed by atoms with Crippen molar-refractivity contribution in [1.29, 1.82) is 0 Å². The molecule has 3 rings (SSSR count). The maximum Gasteiger partial charge on any atom is 0.248 e. The van der Waals surface area contributed by atoms with Crippen molar-refractivity contribution in [1.82, 2.24) is 4.90 Å². The van der Waals surface area contributed by atoms with Crippen LogP contribution in [-0.2, 0) is 10.2 Å². The highest BCUT2D eigenvalue weighted by Gasteiger charge is 2.51. The average Bonchev–Trinajstić information content (AvgIpc) is 3.01. The van der Waals surface area contributed by atoms with Gasteiger partial charge < -0.3 is 14.7 Å². The Morgan fingerprint density at radius 3 is 2.48 bits per heavy atom. The minimum absolute atomic E-state index is 0.124. The second kappa shape index (κ2) is 6.56. The van der Waals surface area contributed by atoms with Gasteiger partial charge in [-0.1, -0.05) is 6.07 Å². The number of amides is 1. The molecule has 138 valence electrons. The lowest BCUT2D eigenvalue weighted by molar-refractivity contribution is -0.142. The molecule has 1 heterocycles. The first kappa shape index (κ1) is 18.1. The molecule has 0 radical (unpaired) electrons. The summed E-state index contributed by atoms with van der Waals surface area (Å²) in [5, 5.41) is 9.78. The summed E-state index contributed by atoms with van der Waals surface area (Å²) in [6.45, 7) is 2.65. The molecule has 4 nitrogen and oxygen atoms in total. The van der Waals surface area contributed by atoms with Gasteiger partial charge in [-0.25, -0.2) is 8.78 Å². The second-order valence-electron chi connectivity index (χ2n) is 7.31. The molecule has 0 spiro atoms. The molecule has 0 bridgehead atoms. The molecule has 1 aliphatic heterocycles. The van der Waals surface area contributed by atoms with E-state index in [1.54, 1.807) is 18.1 Å². The fraction of sp³-hybridized carbons (Fsp3) is 0.632. The number of aliphatic hydroxyl groups is 1. The van der Waals surface area contributed by atoms with Gasteiger partial charge in [0.15, 0.2) is 0 Å². The number of rotatable bonds is 3. The predicted octanol–water partition coefficient (Wildman–Crippen LogP) is 3.04. The summed E-state index contributed by atoms with van der Waals surface area (Å²) in [4.78, 5) is 15.0. The lowest BCUT2D eigenvalue weighted by Crippen LogP contribution is -2.50. The quantitative estimate of drug-likeness (QED) is 0.909. The van der Waals surface area contributed by atoms with E-state index in [-0.39, 0.29) is 38.1 Å². The Kier molecular flexibility index (Phi) is 4.75. The zero-order valence-corrected chi connectivity index (χ0v) is 14.7. The van der Waals surface area contributed by atoms with Gasteiger partial charge in [-0.15, -0.1) is 0 Å². The van der Waals surface area contributed by atoms with Crippen molar-refractivity contribution >= 4 is 5.91 Å². The van der Waals surface area contributed by atoms with E-state index in [0.717, 1.165) is 11.1 Å². The molecule has 1 amide bonds. The van der Waals surface area contributed by atoms with Crippen LogP contribution in [0.4, 0.5) is 8.78 Å². The molecule has 2 aliphatic rings. The van der Waals surface area contributed by atoms with Gasteiger partial charge in [-0.05, 0) is 49.4 Å². The van der Waals surface area contributed by atoms with Crippen molar-refractivity contribution in [3.8, 4) is 5.75 Å². The van der Waals surface area contributed by atoms with Crippen LogP contribution in [0.2, 0.25) is 0 Å². The van der Waals surface area contributed by atoms with Crippen LogP contribution in [0.1, 0.15) is 43.2 Å². The highest BCUT2D eigenvalue weighted by molar-refractivity contribution is 5.89. The first-order valence-corrected chi connectivity index (χ1v) is 8.78. The van der Waals surface area contributed by atoms with Gasteiger partial charge in [-0.2, -0.15) is 0 Å². The monoisotopic (exact) mass is 353 g/mol. The van der Waals surface area contributed by atoms with E-state index in [2.05, 4.69) is 0 Å². The highest BCUT2D eigenvalue weighted by atomic mass is 19.3. The van der Waals surface area contributed by atoms with Gasteiger partial charge in [0.1, 0.15) is 5.75 Å². The van der Waals surface area contributed by atoms with E-state index < -0.39 is 17.4 Å². The van der Waals surface area contributed by atoms with Crippen LogP contribution < -0.4 is 4.74 Å². The van der Waals surface area contributed by atoms with Crippen LogP contribution in [0.15, 0.2) is 18.2 Å². The van der Waals surface area contributed by atoms with Crippen LogP contribution in [0, 0.1) is 6.92 Å². The molecule has 1 atom stereocenters. The first-order valence-electron chi connectivity index (χ1n) is 8.78. The third-order valence-electron chi connectivity index (χ3n) is 5.64. The maximum atomic E-state index is 13.8. The van der Waals surface area contributed by atoms with E-state index >= 15 is 0 Å². The fourth-order valence-electron chi connectivity index (χ4n) is 4.17. The minimum Gasteiger partial charge on any atom is -0.497 e. The molecular weight excluding hydrogens is 328 g/mol. The number of alkyl halides is 2. The Morgan fingerprint density at radius 1 is 1.28 bits per heavy atom. The number of aliphatic hydroxyl groups excluding tert-OH is 1. The number of β-amino-alcohol motifs (C(OH)–C–C–N with tert-alkyl or cyclic N) is 1. The number of methoxy groups -OCH3 is 1. The van der Waals surface area contributed by atoms with Crippen LogP contribution in [0.5, 0.6) is 5.75 Å². The smallest absolute Gasteiger partial charge is 0.248 e. The summed E-state index contributed by atoms with van der Waals surface area (Å²) in [6.07, 6.45) is -0.319. The number of carbonyl (C=O) groups is 1. The van der Waals surface area contributed by atoms with Crippen LogP contribution in [0.3, 0.4) is 0 Å². The largest absolute Gasteiger partial charge is 0.497 e. The van der Waals surface area contributed by atoms with Gasteiger partial charge in [0.25, 0.3) is 0 Å². The lowest BCUT2D eigenvalue weighted by Gasteiger charge is -2.42. The van der Waals surface area contributed by atoms with Gasteiger partial charge in [-0.3, -0.25) is 4.79 Å². The number of aryl methyl sites for hydroxylation is 1. The Hall–Kier alpha value is -1.69. The SMILES string of the molecule is COc1ccc(C2(C(=O)N3CCC(O)C3)CCC(F)(F)CC2)c(C)c1. The summed E-state index contributed by atoms with van der Waals surface area (Å²) in [5.41, 5.74) is 0.732. The fourth-order valence-corrected chi connectivity index (χ4v) is 4.17. The molecule has 25 heavy (non-hydrogen) atoms. The normalized spacial score (nSPS) is 25.0. The lowest BCUT2D eigenvalue weighted by atomic mass is 9.66. The van der Waals surface area contributed by atoms with Crippen LogP contribution >= 0.6 is 0 Å². The van der Waals surface area contributed by atoms with E-state index in [1.165, 1.54) is 0 Å². The summed E-state index contributed by atoms with van der Waals surface area (Å²) >= 11 is 0. The van der Waals surface area contributed by atoms with Crippen LogP contribution in [-0.4, -0.2) is 48.1 Å². The molecule has 1 N–H and O–H groups in total. The number of carbonyl (C=O) groups excluding carboxylic acids is 1. The van der Waals surface area contributed by atoms with Gasteiger partial charge >= 0.3 is 0 Å². The standard InChI is InChI=1S/C19H25F2NO3/c1-13-11-15(25-2)3-4-16(13)18(6-8-19(20,21)9-7-18)17(24)22-10-5-14(23)12-22/h3-4,11,14,23H,5-10,12H2,1-2H3. The van der Waals surface area contributed by atoms with E-state index in [0.29, 0.717) is 18.7 Å². The van der Waals surface area contributed by atoms with Gasteiger partial charge in [0.2, 0.25) is 11.8 Å². The number of nitrogens with zero attached hydrogens (tertiary/aromatic N) is 1. The summed E-state index contributed by atoms with van der Waals surface area (Å²) in [5.74, 6) is -2.16. The van der Waals surface area contributed by atoms with E-state index in [1.807, 2.05) is 19.1 Å². The Labute approximate surface area is 146 Å². The molecule has 1 saturated carbocycles. The summed E-state index contributed by atoms with van der Waals surface area (Å²) in [6, 6.07) is 5.46.